The average Bonchev–Trinajstić information content (AvgIpc) is 3.52. The van der Waals surface area contributed by atoms with E-state index in [1.54, 1.807) is 24.3 Å². The van der Waals surface area contributed by atoms with Crippen molar-refractivity contribution in [2.24, 2.45) is 0 Å². The van der Waals surface area contributed by atoms with Crippen molar-refractivity contribution in [2.45, 2.75) is 19.9 Å². The summed E-state index contributed by atoms with van der Waals surface area (Å²) in [6.45, 7) is 4.34. The number of carbonyl (C=O) groups excluding carboxylic acids is 2. The lowest BCUT2D eigenvalue weighted by Crippen LogP contribution is -2.28. The average molecular weight is 477 g/mol. The molecule has 1 aliphatic rings. The molecular weight excluding hydrogens is 456 g/mol. The predicted molar refractivity (Wildman–Crippen MR) is 131 cm³/mol. The molecule has 0 spiro atoms. The second kappa shape index (κ2) is 8.46. The quantitative estimate of drug-likeness (QED) is 0.227. The zero-order valence-corrected chi connectivity index (χ0v) is 19.6. The third-order valence-electron chi connectivity index (χ3n) is 5.41. The van der Waals surface area contributed by atoms with E-state index < -0.39 is 17.7 Å². The summed E-state index contributed by atoms with van der Waals surface area (Å²) in [6, 6.07) is 15.7. The Hall–Kier alpha value is -3.49. The van der Waals surface area contributed by atoms with Crippen LogP contribution in [-0.4, -0.2) is 28.4 Å². The Morgan fingerprint density at radius 1 is 1.15 bits per heavy atom. The third-order valence-corrected chi connectivity index (χ3v) is 7.36. The van der Waals surface area contributed by atoms with Gasteiger partial charge in [-0.05, 0) is 55.1 Å². The number of fused-ring (bicyclic) bond motifs is 1. The van der Waals surface area contributed by atoms with Crippen molar-refractivity contribution in [1.29, 1.82) is 0 Å². The van der Waals surface area contributed by atoms with E-state index in [4.69, 9.17) is 4.74 Å². The number of benzene rings is 2. The van der Waals surface area contributed by atoms with Crippen LogP contribution in [0, 0.1) is 6.92 Å². The summed E-state index contributed by atoms with van der Waals surface area (Å²) in [5.74, 6) is -1.09. The molecule has 0 saturated carbocycles. The number of rotatable bonds is 5. The fourth-order valence-corrected chi connectivity index (χ4v) is 5.84. The highest BCUT2D eigenvalue weighted by Crippen LogP contribution is 2.45. The topological polar surface area (TPSA) is 79.7 Å². The molecule has 166 valence electrons. The molecule has 1 N–H and O–H groups in total. The van der Waals surface area contributed by atoms with E-state index in [1.807, 2.05) is 49.6 Å². The van der Waals surface area contributed by atoms with Crippen molar-refractivity contribution in [3.63, 3.8) is 0 Å². The number of carbonyl (C=O) groups is 2. The molecule has 33 heavy (non-hydrogen) atoms. The van der Waals surface area contributed by atoms with Crippen molar-refractivity contribution < 1.29 is 19.4 Å². The van der Waals surface area contributed by atoms with Gasteiger partial charge in [0.1, 0.15) is 17.6 Å². The Kier molecular flexibility index (Phi) is 5.47. The third kappa shape index (κ3) is 3.71. The maximum absolute atomic E-state index is 13.2. The summed E-state index contributed by atoms with van der Waals surface area (Å²) in [6.07, 6.45) is 0. The zero-order valence-electron chi connectivity index (χ0n) is 17.9. The number of aromatic nitrogens is 1. The number of hydrogen-bond donors (Lipinski definition) is 1. The summed E-state index contributed by atoms with van der Waals surface area (Å²) < 4.78 is 6.47. The smallest absolute Gasteiger partial charge is 0.301 e. The van der Waals surface area contributed by atoms with Crippen molar-refractivity contribution in [1.82, 2.24) is 4.98 Å². The molecule has 2 aromatic heterocycles. The van der Waals surface area contributed by atoms with Gasteiger partial charge in [-0.2, -0.15) is 0 Å². The van der Waals surface area contributed by atoms with E-state index in [-0.39, 0.29) is 11.3 Å². The van der Waals surface area contributed by atoms with Gasteiger partial charge in [-0.3, -0.25) is 14.5 Å². The van der Waals surface area contributed by atoms with Gasteiger partial charge in [0.25, 0.3) is 5.78 Å². The van der Waals surface area contributed by atoms with Crippen molar-refractivity contribution in [2.75, 3.05) is 11.5 Å². The molecule has 0 bridgehead atoms. The summed E-state index contributed by atoms with van der Waals surface area (Å²) in [5, 5.41) is 13.5. The van der Waals surface area contributed by atoms with Crippen LogP contribution in [0.25, 0.3) is 16.0 Å². The number of aryl methyl sites for hydroxylation is 1. The first kappa shape index (κ1) is 21.4. The van der Waals surface area contributed by atoms with E-state index >= 15 is 0 Å². The summed E-state index contributed by atoms with van der Waals surface area (Å²) >= 11 is 2.78. The van der Waals surface area contributed by atoms with Crippen molar-refractivity contribution >= 4 is 55.5 Å². The second-order valence-electron chi connectivity index (χ2n) is 7.61. The minimum absolute atomic E-state index is 0.0477. The van der Waals surface area contributed by atoms with Gasteiger partial charge in [0.15, 0.2) is 5.13 Å². The number of hydrogen-bond acceptors (Lipinski definition) is 7. The van der Waals surface area contributed by atoms with E-state index in [0.29, 0.717) is 23.1 Å². The molecule has 2 aromatic carbocycles. The number of aliphatic hydroxyl groups excluding tert-OH is 1. The van der Waals surface area contributed by atoms with Crippen LogP contribution in [0.3, 0.4) is 0 Å². The molecule has 4 aromatic rings. The lowest BCUT2D eigenvalue weighted by Gasteiger charge is -2.21. The molecule has 1 aliphatic heterocycles. The molecule has 1 atom stereocenters. The number of ether oxygens (including phenoxy) is 1. The van der Waals surface area contributed by atoms with Crippen LogP contribution < -0.4 is 9.64 Å². The van der Waals surface area contributed by atoms with Crippen molar-refractivity contribution in [3.8, 4) is 5.75 Å². The lowest BCUT2D eigenvalue weighted by atomic mass is 10.00. The maximum Gasteiger partial charge on any atom is 0.301 e. The number of Topliss-reactive ketones (excluding diaryl/α,β-unsaturated/α-hetero) is 1. The predicted octanol–water partition coefficient (Wildman–Crippen LogP) is 5.69. The Balaban J connectivity index is 1.68. The van der Waals surface area contributed by atoms with Crippen LogP contribution in [0.2, 0.25) is 0 Å². The fourth-order valence-electron chi connectivity index (χ4n) is 3.92. The highest BCUT2D eigenvalue weighted by Gasteiger charge is 2.48. The summed E-state index contributed by atoms with van der Waals surface area (Å²) in [4.78, 5) is 33.3. The molecule has 0 aliphatic carbocycles. The highest BCUT2D eigenvalue weighted by molar-refractivity contribution is 7.22. The fraction of sp³-hybridized carbons (Fsp3) is 0.160. The zero-order chi connectivity index (χ0) is 23.1. The molecule has 1 unspecified atom stereocenters. The van der Waals surface area contributed by atoms with Gasteiger partial charge in [-0.25, -0.2) is 4.98 Å². The Bertz CT molecular complexity index is 1410. The van der Waals surface area contributed by atoms with Crippen molar-refractivity contribution in [3.05, 3.63) is 81.6 Å². The van der Waals surface area contributed by atoms with E-state index in [1.165, 1.54) is 27.6 Å². The van der Waals surface area contributed by atoms with E-state index in [0.717, 1.165) is 20.7 Å². The summed E-state index contributed by atoms with van der Waals surface area (Å²) in [5.41, 5.74) is 2.31. The normalized spacial score (nSPS) is 17.8. The standard InChI is InChI=1S/C25H20N2O4S2/c1-3-31-16-7-4-6-15(13-16)22(28)20-21(18-8-5-11-32-18)27(24(30)23(20)29)25-26-17-10-9-14(2)12-19(17)33-25/h4-13,21,28H,3H2,1-2H3. The van der Waals surface area contributed by atoms with Crippen LogP contribution in [0.15, 0.2) is 65.6 Å². The molecular formula is C25H20N2O4S2. The van der Waals surface area contributed by atoms with Crippen LogP contribution in [0.1, 0.15) is 29.0 Å². The number of anilines is 1. The molecule has 1 fully saturated rings. The minimum Gasteiger partial charge on any atom is -0.507 e. The number of aliphatic hydroxyl groups is 1. The van der Waals surface area contributed by atoms with Crippen LogP contribution in [0.5, 0.6) is 5.75 Å². The van der Waals surface area contributed by atoms with Crippen LogP contribution in [-0.2, 0) is 9.59 Å². The number of thiophene rings is 1. The van der Waals surface area contributed by atoms with Gasteiger partial charge in [0.05, 0.1) is 22.4 Å². The maximum atomic E-state index is 13.2. The number of nitrogens with zero attached hydrogens (tertiary/aromatic N) is 2. The largest absolute Gasteiger partial charge is 0.507 e. The van der Waals surface area contributed by atoms with Gasteiger partial charge < -0.3 is 9.84 Å². The van der Waals surface area contributed by atoms with Gasteiger partial charge in [-0.15, -0.1) is 11.3 Å². The molecule has 8 heteroatoms. The first-order valence-corrected chi connectivity index (χ1v) is 12.1. The first-order valence-electron chi connectivity index (χ1n) is 10.4. The lowest BCUT2D eigenvalue weighted by molar-refractivity contribution is -0.132. The van der Waals surface area contributed by atoms with Gasteiger partial charge >= 0.3 is 5.91 Å². The van der Waals surface area contributed by atoms with Gasteiger partial charge in [-0.1, -0.05) is 35.6 Å². The molecule has 0 radical (unpaired) electrons. The molecule has 5 rings (SSSR count). The number of amides is 1. The highest BCUT2D eigenvalue weighted by atomic mass is 32.1. The summed E-state index contributed by atoms with van der Waals surface area (Å²) in [7, 11) is 0. The molecule has 6 nitrogen and oxygen atoms in total. The minimum atomic E-state index is -0.762. The Labute approximate surface area is 198 Å². The van der Waals surface area contributed by atoms with Gasteiger partial charge in [0, 0.05) is 10.4 Å². The first-order chi connectivity index (χ1) is 16.0. The number of thiazole rings is 1. The van der Waals surface area contributed by atoms with E-state index in [2.05, 4.69) is 4.98 Å². The van der Waals surface area contributed by atoms with E-state index in [9.17, 15) is 14.7 Å². The SMILES string of the molecule is CCOc1cccc(C(O)=C2C(=O)C(=O)N(c3nc4ccc(C)cc4s3)C2c2cccs2)c1. The monoisotopic (exact) mass is 476 g/mol. The molecule has 1 saturated heterocycles. The Morgan fingerprint density at radius 2 is 2.00 bits per heavy atom. The molecule has 3 heterocycles. The van der Waals surface area contributed by atoms with Crippen LogP contribution in [0.4, 0.5) is 5.13 Å². The number of ketones is 1. The second-order valence-corrected chi connectivity index (χ2v) is 9.60. The van der Waals surface area contributed by atoms with Gasteiger partial charge in [0.2, 0.25) is 0 Å². The molecule has 1 amide bonds. The Morgan fingerprint density at radius 3 is 2.76 bits per heavy atom. The van der Waals surface area contributed by atoms with Crippen LogP contribution >= 0.6 is 22.7 Å².